The number of rotatable bonds is 7. The van der Waals surface area contributed by atoms with Gasteiger partial charge in [-0.25, -0.2) is 13.2 Å². The summed E-state index contributed by atoms with van der Waals surface area (Å²) in [6.07, 6.45) is 0.750. The number of ether oxygens (including phenoxy) is 1. The fourth-order valence-electron chi connectivity index (χ4n) is 2.29. The molecule has 2 N–H and O–H groups in total. The molecule has 0 aromatic heterocycles. The average molecular weight is 390 g/mol. The van der Waals surface area contributed by atoms with Gasteiger partial charge in [-0.15, -0.1) is 0 Å². The fraction of sp³-hybridized carbons (Fsp3) is 0.263. The Kier molecular flexibility index (Phi) is 6.57. The van der Waals surface area contributed by atoms with E-state index in [4.69, 9.17) is 0 Å². The van der Waals surface area contributed by atoms with Crippen LogP contribution in [0.1, 0.15) is 41.0 Å². The van der Waals surface area contributed by atoms with E-state index in [2.05, 4.69) is 14.8 Å². The van der Waals surface area contributed by atoms with Crippen molar-refractivity contribution in [1.82, 2.24) is 5.32 Å². The molecule has 2 aromatic carbocycles. The summed E-state index contributed by atoms with van der Waals surface area (Å²) in [7, 11) is -2.79. The van der Waals surface area contributed by atoms with Crippen LogP contribution in [0.5, 0.6) is 0 Å². The van der Waals surface area contributed by atoms with Gasteiger partial charge in [-0.3, -0.25) is 9.52 Å². The minimum atomic E-state index is -4.01. The van der Waals surface area contributed by atoms with Crippen LogP contribution >= 0.6 is 0 Å². The second-order valence-corrected chi connectivity index (χ2v) is 7.64. The summed E-state index contributed by atoms with van der Waals surface area (Å²) in [5.74, 6) is -1.01. The van der Waals surface area contributed by atoms with Crippen LogP contribution < -0.4 is 10.0 Å². The predicted octanol–water partition coefficient (Wildman–Crippen LogP) is 2.80. The summed E-state index contributed by atoms with van der Waals surface area (Å²) in [5.41, 5.74) is 0.482. The maximum absolute atomic E-state index is 12.7. The van der Waals surface area contributed by atoms with E-state index in [-0.39, 0.29) is 33.7 Å². The molecule has 0 radical (unpaired) electrons. The molecular weight excluding hydrogens is 368 g/mol. The number of benzene rings is 2. The molecule has 27 heavy (non-hydrogen) atoms. The number of carbonyl (C=O) groups is 2. The molecule has 0 aliphatic rings. The van der Waals surface area contributed by atoms with Crippen LogP contribution in [0.4, 0.5) is 5.69 Å². The minimum Gasteiger partial charge on any atom is -0.465 e. The molecule has 0 aliphatic carbocycles. The van der Waals surface area contributed by atoms with Gasteiger partial charge < -0.3 is 10.1 Å². The van der Waals surface area contributed by atoms with Gasteiger partial charge in [0.1, 0.15) is 0 Å². The molecule has 8 heteroatoms. The lowest BCUT2D eigenvalue weighted by atomic mass is 10.1. The zero-order valence-electron chi connectivity index (χ0n) is 15.4. The molecule has 0 spiro atoms. The van der Waals surface area contributed by atoms with E-state index < -0.39 is 16.0 Å². The highest BCUT2D eigenvalue weighted by molar-refractivity contribution is 7.92. The van der Waals surface area contributed by atoms with Crippen molar-refractivity contribution >= 4 is 27.6 Å². The van der Waals surface area contributed by atoms with Crippen LogP contribution in [0.2, 0.25) is 0 Å². The minimum absolute atomic E-state index is 0.0427. The molecule has 0 bridgehead atoms. The largest absolute Gasteiger partial charge is 0.465 e. The van der Waals surface area contributed by atoms with Gasteiger partial charge >= 0.3 is 5.97 Å². The number of hydrogen-bond acceptors (Lipinski definition) is 5. The van der Waals surface area contributed by atoms with Crippen molar-refractivity contribution in [2.24, 2.45) is 0 Å². The van der Waals surface area contributed by atoms with Crippen LogP contribution in [-0.4, -0.2) is 33.4 Å². The Labute approximate surface area is 158 Å². The smallest absolute Gasteiger partial charge is 0.337 e. The van der Waals surface area contributed by atoms with E-state index in [0.29, 0.717) is 0 Å². The molecule has 144 valence electrons. The first kappa shape index (κ1) is 20.4. The topological polar surface area (TPSA) is 102 Å². The molecule has 0 aliphatic heterocycles. The average Bonchev–Trinajstić information content (AvgIpc) is 2.67. The highest BCUT2D eigenvalue weighted by atomic mass is 32.2. The highest BCUT2D eigenvalue weighted by Crippen LogP contribution is 2.21. The van der Waals surface area contributed by atoms with Crippen molar-refractivity contribution in [3.8, 4) is 0 Å². The standard InChI is InChI=1S/C19H22N2O5S/c1-4-13(2)20-18(22)16-10-5-6-11-17(16)21-27(24,25)15-9-7-8-14(12-15)19(23)26-3/h5-13,21H,4H2,1-3H3,(H,20,22). The molecule has 1 atom stereocenters. The molecule has 2 aromatic rings. The first-order valence-electron chi connectivity index (χ1n) is 8.39. The Morgan fingerprint density at radius 3 is 2.48 bits per heavy atom. The Morgan fingerprint density at radius 1 is 1.11 bits per heavy atom. The quantitative estimate of drug-likeness (QED) is 0.708. The summed E-state index contributed by atoms with van der Waals surface area (Å²) in [6.45, 7) is 3.80. The maximum Gasteiger partial charge on any atom is 0.337 e. The Balaban J connectivity index is 2.34. The van der Waals surface area contributed by atoms with Crippen molar-refractivity contribution in [3.63, 3.8) is 0 Å². The number of methoxy groups -OCH3 is 1. The van der Waals surface area contributed by atoms with Crippen molar-refractivity contribution < 1.29 is 22.7 Å². The summed E-state index contributed by atoms with van der Waals surface area (Å²) >= 11 is 0. The summed E-state index contributed by atoms with van der Waals surface area (Å²) in [4.78, 5) is 24.0. The second kappa shape index (κ2) is 8.68. The van der Waals surface area contributed by atoms with Crippen LogP contribution in [-0.2, 0) is 14.8 Å². The van der Waals surface area contributed by atoms with E-state index in [0.717, 1.165) is 6.42 Å². The molecular formula is C19H22N2O5S. The fourth-order valence-corrected chi connectivity index (χ4v) is 3.41. The number of anilines is 1. The Hall–Kier alpha value is -2.87. The summed E-state index contributed by atoms with van der Waals surface area (Å²) in [5, 5.41) is 2.81. The second-order valence-electron chi connectivity index (χ2n) is 5.95. The predicted molar refractivity (Wildman–Crippen MR) is 102 cm³/mol. The summed E-state index contributed by atoms with van der Waals surface area (Å²) in [6, 6.07) is 11.8. The highest BCUT2D eigenvalue weighted by Gasteiger charge is 2.20. The number of carbonyl (C=O) groups excluding carboxylic acids is 2. The first-order chi connectivity index (χ1) is 12.8. The summed E-state index contributed by atoms with van der Waals surface area (Å²) < 4.78 is 32.5. The van der Waals surface area contributed by atoms with Gasteiger partial charge in [0.05, 0.1) is 28.8 Å². The van der Waals surface area contributed by atoms with Crippen molar-refractivity contribution in [2.45, 2.75) is 31.2 Å². The van der Waals surface area contributed by atoms with Crippen molar-refractivity contribution in [2.75, 3.05) is 11.8 Å². The lowest BCUT2D eigenvalue weighted by Gasteiger charge is -2.15. The monoisotopic (exact) mass is 390 g/mol. The van der Waals surface area contributed by atoms with E-state index >= 15 is 0 Å². The van der Waals surface area contributed by atoms with Crippen LogP contribution in [0.3, 0.4) is 0 Å². The normalized spacial score (nSPS) is 12.1. The van der Waals surface area contributed by atoms with Gasteiger partial charge in [0.15, 0.2) is 0 Å². The molecule has 1 unspecified atom stereocenters. The number of esters is 1. The molecule has 0 heterocycles. The number of sulfonamides is 1. The number of nitrogens with one attached hydrogen (secondary N) is 2. The number of para-hydroxylation sites is 1. The van der Waals surface area contributed by atoms with Crippen LogP contribution in [0, 0.1) is 0 Å². The molecule has 0 fully saturated rings. The molecule has 0 saturated heterocycles. The third-order valence-corrected chi connectivity index (χ3v) is 5.33. The van der Waals surface area contributed by atoms with E-state index in [9.17, 15) is 18.0 Å². The third kappa shape index (κ3) is 5.07. The molecule has 2 rings (SSSR count). The first-order valence-corrected chi connectivity index (χ1v) is 9.88. The molecule has 0 saturated carbocycles. The van der Waals surface area contributed by atoms with E-state index in [1.165, 1.54) is 37.4 Å². The third-order valence-electron chi connectivity index (χ3n) is 3.97. The van der Waals surface area contributed by atoms with Gasteiger partial charge in [0.25, 0.3) is 15.9 Å². The van der Waals surface area contributed by atoms with Crippen molar-refractivity contribution in [3.05, 3.63) is 59.7 Å². The molecule has 7 nitrogen and oxygen atoms in total. The zero-order chi connectivity index (χ0) is 20.0. The number of hydrogen-bond donors (Lipinski definition) is 2. The van der Waals surface area contributed by atoms with Gasteiger partial charge in [0, 0.05) is 6.04 Å². The van der Waals surface area contributed by atoms with Gasteiger partial charge in [-0.1, -0.05) is 25.1 Å². The van der Waals surface area contributed by atoms with Gasteiger partial charge in [-0.05, 0) is 43.7 Å². The van der Waals surface area contributed by atoms with Gasteiger partial charge in [0.2, 0.25) is 0 Å². The Bertz CT molecular complexity index is 941. The number of amides is 1. The molecule has 1 amide bonds. The zero-order valence-corrected chi connectivity index (χ0v) is 16.2. The lowest BCUT2D eigenvalue weighted by Crippen LogP contribution is -2.32. The van der Waals surface area contributed by atoms with E-state index in [1.54, 1.807) is 18.2 Å². The van der Waals surface area contributed by atoms with Crippen molar-refractivity contribution in [1.29, 1.82) is 0 Å². The van der Waals surface area contributed by atoms with Crippen LogP contribution in [0.25, 0.3) is 0 Å². The van der Waals surface area contributed by atoms with Gasteiger partial charge in [-0.2, -0.15) is 0 Å². The Morgan fingerprint density at radius 2 is 1.81 bits per heavy atom. The SMILES string of the molecule is CCC(C)NC(=O)c1ccccc1NS(=O)(=O)c1cccc(C(=O)OC)c1. The van der Waals surface area contributed by atoms with E-state index in [1.807, 2.05) is 13.8 Å². The van der Waals surface area contributed by atoms with Crippen LogP contribution in [0.15, 0.2) is 53.4 Å². The lowest BCUT2D eigenvalue weighted by molar-refractivity contribution is 0.0600. The maximum atomic E-state index is 12.7.